The van der Waals surface area contributed by atoms with Gasteiger partial charge in [0.15, 0.2) is 0 Å². The van der Waals surface area contributed by atoms with Gasteiger partial charge in [0.25, 0.3) is 0 Å². The molecule has 2 unspecified atom stereocenters. The van der Waals surface area contributed by atoms with E-state index in [0.29, 0.717) is 6.54 Å². The number of benzene rings is 1. The highest BCUT2D eigenvalue weighted by Gasteiger charge is 2.14. The molecule has 5 heteroatoms. The van der Waals surface area contributed by atoms with Crippen molar-refractivity contribution in [1.29, 1.82) is 0 Å². The molecule has 2 N–H and O–H groups in total. The maximum absolute atomic E-state index is 11.1. The van der Waals surface area contributed by atoms with Gasteiger partial charge in [-0.2, -0.15) is 0 Å². The maximum Gasteiger partial charge on any atom is 0.148 e. The zero-order chi connectivity index (χ0) is 13.8. The van der Waals surface area contributed by atoms with E-state index in [1.54, 1.807) is 6.92 Å². The summed E-state index contributed by atoms with van der Waals surface area (Å²) < 4.78 is 22.2. The third-order valence-corrected chi connectivity index (χ3v) is 3.87. The fourth-order valence-corrected chi connectivity index (χ4v) is 2.92. The minimum absolute atomic E-state index is 0.0769. The first-order chi connectivity index (χ1) is 8.29. The SMILES string of the molecule is Cc1ccccc1C(O)CNC(C)CS(C)(=O)=O. The van der Waals surface area contributed by atoms with E-state index in [1.807, 2.05) is 31.2 Å². The van der Waals surface area contributed by atoms with E-state index >= 15 is 0 Å². The number of aliphatic hydroxyl groups is 1. The van der Waals surface area contributed by atoms with Crippen LogP contribution >= 0.6 is 0 Å². The summed E-state index contributed by atoms with van der Waals surface area (Å²) in [7, 11) is -2.99. The monoisotopic (exact) mass is 271 g/mol. The van der Waals surface area contributed by atoms with E-state index < -0.39 is 15.9 Å². The number of nitrogens with one attached hydrogen (secondary N) is 1. The summed E-state index contributed by atoms with van der Waals surface area (Å²) in [6.45, 7) is 4.09. The summed E-state index contributed by atoms with van der Waals surface area (Å²) in [6.07, 6.45) is 0.594. The quantitative estimate of drug-likeness (QED) is 0.811. The van der Waals surface area contributed by atoms with Crippen LogP contribution in [0.4, 0.5) is 0 Å². The van der Waals surface area contributed by atoms with Crippen LogP contribution in [-0.4, -0.2) is 38.1 Å². The second kappa shape index (κ2) is 6.31. The van der Waals surface area contributed by atoms with Gasteiger partial charge in [0.2, 0.25) is 0 Å². The van der Waals surface area contributed by atoms with Gasteiger partial charge >= 0.3 is 0 Å². The normalized spacial score (nSPS) is 15.3. The average molecular weight is 271 g/mol. The van der Waals surface area contributed by atoms with Crippen molar-refractivity contribution >= 4 is 9.84 Å². The molecule has 0 heterocycles. The van der Waals surface area contributed by atoms with Crippen LogP contribution in [0.3, 0.4) is 0 Å². The molecular weight excluding hydrogens is 250 g/mol. The highest BCUT2D eigenvalue weighted by Crippen LogP contribution is 2.16. The van der Waals surface area contributed by atoms with Crippen molar-refractivity contribution in [3.05, 3.63) is 35.4 Å². The van der Waals surface area contributed by atoms with Crippen LogP contribution in [0.5, 0.6) is 0 Å². The van der Waals surface area contributed by atoms with Crippen LogP contribution in [0.2, 0.25) is 0 Å². The molecule has 102 valence electrons. The number of hydrogen-bond acceptors (Lipinski definition) is 4. The number of rotatable bonds is 6. The van der Waals surface area contributed by atoms with E-state index in [-0.39, 0.29) is 11.8 Å². The van der Waals surface area contributed by atoms with E-state index in [4.69, 9.17) is 0 Å². The molecule has 0 bridgehead atoms. The van der Waals surface area contributed by atoms with Crippen LogP contribution in [0, 0.1) is 6.92 Å². The molecule has 2 atom stereocenters. The fraction of sp³-hybridized carbons (Fsp3) is 0.538. The predicted molar refractivity (Wildman–Crippen MR) is 73.3 cm³/mol. The van der Waals surface area contributed by atoms with Crippen molar-refractivity contribution < 1.29 is 13.5 Å². The molecule has 0 spiro atoms. The van der Waals surface area contributed by atoms with Gasteiger partial charge < -0.3 is 10.4 Å². The van der Waals surface area contributed by atoms with Gasteiger partial charge in [-0.15, -0.1) is 0 Å². The lowest BCUT2D eigenvalue weighted by Crippen LogP contribution is -2.35. The summed E-state index contributed by atoms with van der Waals surface area (Å²) in [5.74, 6) is 0.0769. The summed E-state index contributed by atoms with van der Waals surface area (Å²) in [5, 5.41) is 13.1. The molecule has 4 nitrogen and oxygen atoms in total. The Labute approximate surface area is 109 Å². The van der Waals surface area contributed by atoms with E-state index in [0.717, 1.165) is 11.1 Å². The van der Waals surface area contributed by atoms with Crippen molar-refractivity contribution in [2.75, 3.05) is 18.6 Å². The molecule has 1 aromatic rings. The molecule has 0 radical (unpaired) electrons. The smallest absolute Gasteiger partial charge is 0.148 e. The van der Waals surface area contributed by atoms with Crippen molar-refractivity contribution in [2.24, 2.45) is 0 Å². The molecule has 0 fully saturated rings. The van der Waals surface area contributed by atoms with Crippen LogP contribution in [-0.2, 0) is 9.84 Å². The zero-order valence-corrected chi connectivity index (χ0v) is 11.9. The van der Waals surface area contributed by atoms with Crippen LogP contribution < -0.4 is 5.32 Å². The minimum atomic E-state index is -2.99. The van der Waals surface area contributed by atoms with Crippen LogP contribution in [0.1, 0.15) is 24.2 Å². The van der Waals surface area contributed by atoms with Crippen LogP contribution in [0.15, 0.2) is 24.3 Å². The van der Waals surface area contributed by atoms with Crippen molar-refractivity contribution in [3.8, 4) is 0 Å². The molecular formula is C13H21NO3S. The number of sulfone groups is 1. The van der Waals surface area contributed by atoms with Gasteiger partial charge in [0.1, 0.15) is 9.84 Å². The maximum atomic E-state index is 11.1. The van der Waals surface area contributed by atoms with Crippen molar-refractivity contribution in [3.63, 3.8) is 0 Å². The summed E-state index contributed by atoms with van der Waals surface area (Å²) >= 11 is 0. The summed E-state index contributed by atoms with van der Waals surface area (Å²) in [6, 6.07) is 7.46. The summed E-state index contributed by atoms with van der Waals surface area (Å²) in [5.41, 5.74) is 1.90. The lowest BCUT2D eigenvalue weighted by Gasteiger charge is -2.18. The van der Waals surface area contributed by atoms with Gasteiger partial charge in [-0.25, -0.2) is 8.42 Å². The third kappa shape index (κ3) is 5.16. The first-order valence-electron chi connectivity index (χ1n) is 5.94. The highest BCUT2D eigenvalue weighted by molar-refractivity contribution is 7.90. The molecule has 1 rings (SSSR count). The standard InChI is InChI=1S/C13H21NO3S/c1-10-6-4-5-7-12(10)13(15)8-14-11(2)9-18(3,16)17/h4-7,11,13-15H,8-9H2,1-3H3. The lowest BCUT2D eigenvalue weighted by atomic mass is 10.0. The Hall–Kier alpha value is -0.910. The zero-order valence-electron chi connectivity index (χ0n) is 11.1. The van der Waals surface area contributed by atoms with Crippen LogP contribution in [0.25, 0.3) is 0 Å². The molecule has 18 heavy (non-hydrogen) atoms. The molecule has 1 aromatic carbocycles. The Morgan fingerprint density at radius 2 is 1.94 bits per heavy atom. The van der Waals surface area contributed by atoms with Crippen molar-refractivity contribution in [1.82, 2.24) is 5.32 Å². The largest absolute Gasteiger partial charge is 0.387 e. The molecule has 0 amide bonds. The first kappa shape index (κ1) is 15.1. The topological polar surface area (TPSA) is 66.4 Å². The van der Waals surface area contributed by atoms with Gasteiger partial charge in [0, 0.05) is 18.8 Å². The van der Waals surface area contributed by atoms with E-state index in [9.17, 15) is 13.5 Å². The molecule has 0 saturated heterocycles. The molecule has 0 aromatic heterocycles. The molecule has 0 saturated carbocycles. The lowest BCUT2D eigenvalue weighted by molar-refractivity contribution is 0.171. The van der Waals surface area contributed by atoms with Gasteiger partial charge in [0.05, 0.1) is 11.9 Å². The molecule has 0 aliphatic rings. The van der Waals surface area contributed by atoms with Crippen molar-refractivity contribution in [2.45, 2.75) is 26.0 Å². The average Bonchev–Trinajstić information content (AvgIpc) is 2.24. The van der Waals surface area contributed by atoms with Gasteiger partial charge in [-0.05, 0) is 25.0 Å². The first-order valence-corrected chi connectivity index (χ1v) is 8.00. The Balaban J connectivity index is 2.52. The molecule has 0 aliphatic carbocycles. The van der Waals surface area contributed by atoms with E-state index in [2.05, 4.69) is 5.32 Å². The second-order valence-corrected chi connectivity index (χ2v) is 6.96. The minimum Gasteiger partial charge on any atom is -0.387 e. The predicted octanol–water partition coefficient (Wildman–Crippen LogP) is 1.05. The Morgan fingerprint density at radius 3 is 2.50 bits per heavy atom. The Bertz CT molecular complexity index is 485. The van der Waals surface area contributed by atoms with Gasteiger partial charge in [-0.1, -0.05) is 24.3 Å². The number of aryl methyl sites for hydroxylation is 1. The third-order valence-electron chi connectivity index (χ3n) is 2.76. The molecule has 0 aliphatic heterocycles. The number of aliphatic hydroxyl groups excluding tert-OH is 1. The fourth-order valence-electron chi connectivity index (χ4n) is 1.90. The summed E-state index contributed by atoms with van der Waals surface area (Å²) in [4.78, 5) is 0. The highest BCUT2D eigenvalue weighted by atomic mass is 32.2. The Morgan fingerprint density at radius 1 is 1.33 bits per heavy atom. The second-order valence-electron chi connectivity index (χ2n) is 4.77. The van der Waals surface area contributed by atoms with E-state index in [1.165, 1.54) is 6.26 Å². The number of hydrogen-bond donors (Lipinski definition) is 2. The van der Waals surface area contributed by atoms with Gasteiger partial charge in [-0.3, -0.25) is 0 Å². The Kier molecular flexibility index (Phi) is 5.31.